The van der Waals surface area contributed by atoms with Crippen molar-refractivity contribution in [1.29, 1.82) is 0 Å². The minimum atomic E-state index is -0.247. The van der Waals surface area contributed by atoms with Crippen molar-refractivity contribution in [2.24, 2.45) is 5.92 Å². The summed E-state index contributed by atoms with van der Waals surface area (Å²) in [7, 11) is 3.18. The maximum absolute atomic E-state index is 13.0. The van der Waals surface area contributed by atoms with Gasteiger partial charge in [-0.1, -0.05) is 13.3 Å². The van der Waals surface area contributed by atoms with E-state index in [1.807, 2.05) is 24.3 Å². The molecule has 0 saturated heterocycles. The maximum Gasteiger partial charge on any atom is 0.308 e. The molecule has 9 nitrogen and oxygen atoms in total. The summed E-state index contributed by atoms with van der Waals surface area (Å²) in [5, 5.41) is 7.60. The van der Waals surface area contributed by atoms with Crippen LogP contribution in [0, 0.1) is 5.92 Å². The van der Waals surface area contributed by atoms with Gasteiger partial charge in [-0.25, -0.2) is 9.50 Å². The third-order valence-corrected chi connectivity index (χ3v) is 6.41. The Bertz CT molecular complexity index is 1180. The standard InChI is InChI=1S/C26H32N4O5/c1-4-5-14-35-26(32)17-6-9-19(10-7-17)28-25(31)20-16-24-27-13-12-21(30(24)29-20)18-8-11-22(33-2)23(15-18)34-3/h8,11-13,15-17,19H,4-7,9-10,14H2,1-3H3,(H,28,31). The zero-order valence-corrected chi connectivity index (χ0v) is 20.5. The average molecular weight is 481 g/mol. The van der Waals surface area contributed by atoms with Crippen molar-refractivity contribution in [1.82, 2.24) is 19.9 Å². The number of fused-ring (bicyclic) bond motifs is 1. The summed E-state index contributed by atoms with van der Waals surface area (Å²) in [6.07, 6.45) is 6.48. The molecule has 1 aliphatic rings. The molecule has 1 N–H and O–H groups in total. The van der Waals surface area contributed by atoms with Crippen LogP contribution in [0.15, 0.2) is 36.5 Å². The highest BCUT2D eigenvalue weighted by atomic mass is 16.5. The largest absolute Gasteiger partial charge is 0.493 e. The molecule has 0 unspecified atom stereocenters. The van der Waals surface area contributed by atoms with Crippen LogP contribution in [0.25, 0.3) is 16.9 Å². The molecule has 186 valence electrons. The lowest BCUT2D eigenvalue weighted by molar-refractivity contribution is -0.149. The van der Waals surface area contributed by atoms with Crippen molar-refractivity contribution in [3.8, 4) is 22.8 Å². The summed E-state index contributed by atoms with van der Waals surface area (Å²) >= 11 is 0. The first-order chi connectivity index (χ1) is 17.0. The molecule has 0 atom stereocenters. The number of ether oxygens (including phenoxy) is 3. The van der Waals surface area contributed by atoms with Crippen molar-refractivity contribution in [2.45, 2.75) is 51.5 Å². The van der Waals surface area contributed by atoms with E-state index in [1.54, 1.807) is 31.0 Å². The van der Waals surface area contributed by atoms with Crippen LogP contribution in [-0.4, -0.2) is 53.3 Å². The summed E-state index contributed by atoms with van der Waals surface area (Å²) in [4.78, 5) is 29.5. The molecule has 9 heteroatoms. The highest BCUT2D eigenvalue weighted by Gasteiger charge is 2.28. The SMILES string of the molecule is CCCCOC(=O)C1CCC(NC(=O)c2cc3nccc(-c4ccc(OC)c(OC)c4)n3n2)CC1. The van der Waals surface area contributed by atoms with Gasteiger partial charge in [0.25, 0.3) is 5.91 Å². The molecule has 1 fully saturated rings. The number of unbranched alkanes of at least 4 members (excludes halogenated alkanes) is 1. The van der Waals surface area contributed by atoms with Crippen molar-refractivity contribution in [3.63, 3.8) is 0 Å². The summed E-state index contributed by atoms with van der Waals surface area (Å²) in [6.45, 7) is 2.55. The minimum absolute atomic E-state index is 0.00489. The van der Waals surface area contributed by atoms with Crippen molar-refractivity contribution in [2.75, 3.05) is 20.8 Å². The Morgan fingerprint density at radius 2 is 1.83 bits per heavy atom. The molecule has 1 aromatic carbocycles. The molecule has 2 aromatic heterocycles. The lowest BCUT2D eigenvalue weighted by Gasteiger charge is -2.27. The quantitative estimate of drug-likeness (QED) is 0.364. The fourth-order valence-corrected chi connectivity index (χ4v) is 4.39. The van der Waals surface area contributed by atoms with Crippen LogP contribution in [0.2, 0.25) is 0 Å². The topological polar surface area (TPSA) is 104 Å². The van der Waals surface area contributed by atoms with E-state index in [2.05, 4.69) is 22.3 Å². The van der Waals surface area contributed by atoms with E-state index < -0.39 is 0 Å². The summed E-state index contributed by atoms with van der Waals surface area (Å²) in [6, 6.07) is 9.11. The van der Waals surface area contributed by atoms with Gasteiger partial charge in [0.05, 0.1) is 32.4 Å². The van der Waals surface area contributed by atoms with Crippen LogP contribution in [0.4, 0.5) is 0 Å². The highest BCUT2D eigenvalue weighted by Crippen LogP contribution is 2.32. The zero-order chi connectivity index (χ0) is 24.8. The van der Waals surface area contributed by atoms with Gasteiger partial charge in [-0.15, -0.1) is 0 Å². The third-order valence-electron chi connectivity index (χ3n) is 6.41. The molecular formula is C26H32N4O5. The van der Waals surface area contributed by atoms with Crippen LogP contribution in [-0.2, 0) is 9.53 Å². The first-order valence-electron chi connectivity index (χ1n) is 12.1. The predicted molar refractivity (Wildman–Crippen MR) is 131 cm³/mol. The van der Waals surface area contributed by atoms with E-state index in [0.717, 1.165) is 36.9 Å². The Kier molecular flexibility index (Phi) is 7.84. The van der Waals surface area contributed by atoms with Crippen LogP contribution in [0.3, 0.4) is 0 Å². The Morgan fingerprint density at radius 1 is 1.06 bits per heavy atom. The number of benzene rings is 1. The molecule has 1 aliphatic carbocycles. The van der Waals surface area contributed by atoms with Crippen LogP contribution < -0.4 is 14.8 Å². The van der Waals surface area contributed by atoms with Crippen molar-refractivity contribution >= 4 is 17.5 Å². The lowest BCUT2D eigenvalue weighted by atomic mass is 9.86. The molecule has 1 amide bonds. The Hall–Kier alpha value is -3.62. The van der Waals surface area contributed by atoms with Crippen LogP contribution in [0.5, 0.6) is 11.5 Å². The molecule has 1 saturated carbocycles. The van der Waals surface area contributed by atoms with Gasteiger partial charge in [0.2, 0.25) is 0 Å². The van der Waals surface area contributed by atoms with Gasteiger partial charge in [0.1, 0.15) is 0 Å². The van der Waals surface area contributed by atoms with Gasteiger partial charge < -0.3 is 19.5 Å². The summed E-state index contributed by atoms with van der Waals surface area (Å²) < 4.78 is 17.8. The third kappa shape index (κ3) is 5.55. The number of carbonyl (C=O) groups excluding carboxylic acids is 2. The fourth-order valence-electron chi connectivity index (χ4n) is 4.39. The molecular weight excluding hydrogens is 448 g/mol. The van der Waals surface area contributed by atoms with Gasteiger partial charge in [-0.05, 0) is 56.4 Å². The van der Waals surface area contributed by atoms with E-state index >= 15 is 0 Å². The highest BCUT2D eigenvalue weighted by molar-refractivity contribution is 5.93. The molecule has 35 heavy (non-hydrogen) atoms. The van der Waals surface area contributed by atoms with Crippen molar-refractivity contribution < 1.29 is 23.8 Å². The minimum Gasteiger partial charge on any atom is -0.493 e. The molecule has 2 heterocycles. The number of rotatable bonds is 9. The second kappa shape index (κ2) is 11.2. The lowest BCUT2D eigenvalue weighted by Crippen LogP contribution is -2.39. The maximum atomic E-state index is 13.0. The molecule has 0 radical (unpaired) electrons. The second-order valence-electron chi connectivity index (χ2n) is 8.74. The number of hydrogen-bond donors (Lipinski definition) is 1. The molecule has 0 bridgehead atoms. The smallest absolute Gasteiger partial charge is 0.308 e. The Labute approximate surface area is 204 Å². The number of esters is 1. The van der Waals surface area contributed by atoms with Crippen LogP contribution >= 0.6 is 0 Å². The van der Waals surface area contributed by atoms with E-state index in [4.69, 9.17) is 14.2 Å². The van der Waals surface area contributed by atoms with Gasteiger partial charge in [0.15, 0.2) is 22.8 Å². The number of nitrogens with one attached hydrogen (secondary N) is 1. The molecule has 0 aliphatic heterocycles. The normalized spacial score (nSPS) is 17.7. The van der Waals surface area contributed by atoms with Gasteiger partial charge >= 0.3 is 5.97 Å². The van der Waals surface area contributed by atoms with Gasteiger partial charge in [-0.3, -0.25) is 9.59 Å². The van der Waals surface area contributed by atoms with Crippen LogP contribution in [0.1, 0.15) is 55.9 Å². The first kappa shape index (κ1) is 24.5. The number of hydrogen-bond acceptors (Lipinski definition) is 7. The van der Waals surface area contributed by atoms with E-state index in [0.29, 0.717) is 42.3 Å². The van der Waals surface area contributed by atoms with E-state index in [1.165, 1.54) is 0 Å². The summed E-state index contributed by atoms with van der Waals surface area (Å²) in [5.41, 5.74) is 2.50. The number of nitrogens with zero attached hydrogens (tertiary/aromatic N) is 3. The monoisotopic (exact) mass is 480 g/mol. The average Bonchev–Trinajstić information content (AvgIpc) is 3.33. The number of methoxy groups -OCH3 is 2. The first-order valence-corrected chi connectivity index (χ1v) is 12.1. The van der Waals surface area contributed by atoms with Crippen molar-refractivity contribution in [3.05, 3.63) is 42.2 Å². The van der Waals surface area contributed by atoms with Gasteiger partial charge in [-0.2, -0.15) is 5.10 Å². The molecule has 0 spiro atoms. The molecule has 3 aromatic rings. The van der Waals surface area contributed by atoms with E-state index in [9.17, 15) is 9.59 Å². The predicted octanol–water partition coefficient (Wildman–Crippen LogP) is 4.05. The molecule has 4 rings (SSSR count). The summed E-state index contributed by atoms with van der Waals surface area (Å²) in [5.74, 6) is 0.791. The van der Waals surface area contributed by atoms with E-state index in [-0.39, 0.29) is 23.8 Å². The number of aromatic nitrogens is 3. The second-order valence-corrected chi connectivity index (χ2v) is 8.74. The number of amides is 1. The fraction of sp³-hybridized carbons (Fsp3) is 0.462. The van der Waals surface area contributed by atoms with Gasteiger partial charge in [0, 0.05) is 23.9 Å². The Morgan fingerprint density at radius 3 is 2.54 bits per heavy atom. The number of carbonyl (C=O) groups is 2. The Balaban J connectivity index is 1.43. The zero-order valence-electron chi connectivity index (χ0n) is 20.5.